The molecule has 2 rings (SSSR count). The summed E-state index contributed by atoms with van der Waals surface area (Å²) >= 11 is 7.52. The Balaban J connectivity index is 1.99. The van der Waals surface area contributed by atoms with Crippen LogP contribution in [0.25, 0.3) is 0 Å². The minimum absolute atomic E-state index is 0.134. The van der Waals surface area contributed by atoms with E-state index < -0.39 is 9.84 Å². The highest BCUT2D eigenvalue weighted by Gasteiger charge is 2.29. The number of sulfone groups is 1. The molecule has 0 aliphatic carbocycles. The number of rotatable bonds is 3. The quantitative estimate of drug-likeness (QED) is 0.923. The summed E-state index contributed by atoms with van der Waals surface area (Å²) in [4.78, 5) is 0.964. The standard InChI is InChI=1S/C10H14ClNO2S2/c11-8-1-3-15-10(8)9(12)5-7-2-4-16(13,14)6-7/h1,3,7,9H,2,4-6,12H2. The van der Waals surface area contributed by atoms with Crippen LogP contribution in [-0.2, 0) is 9.84 Å². The monoisotopic (exact) mass is 279 g/mol. The zero-order valence-corrected chi connectivity index (χ0v) is 11.1. The molecule has 0 saturated carbocycles. The second-order valence-corrected chi connectivity index (χ2v) is 7.83. The fourth-order valence-corrected chi connectivity index (χ4v) is 5.19. The average molecular weight is 280 g/mol. The summed E-state index contributed by atoms with van der Waals surface area (Å²) in [6, 6.07) is 1.69. The molecule has 6 heteroatoms. The lowest BCUT2D eigenvalue weighted by Crippen LogP contribution is -2.15. The molecule has 0 amide bonds. The predicted molar refractivity (Wildman–Crippen MR) is 67.6 cm³/mol. The zero-order chi connectivity index (χ0) is 11.8. The van der Waals surface area contributed by atoms with Crippen molar-refractivity contribution in [3.8, 4) is 0 Å². The maximum atomic E-state index is 11.3. The van der Waals surface area contributed by atoms with Gasteiger partial charge in [0.1, 0.15) is 0 Å². The molecule has 3 nitrogen and oxygen atoms in total. The molecular formula is C10H14ClNO2S2. The second kappa shape index (κ2) is 4.64. The molecule has 0 radical (unpaired) electrons. The van der Waals surface area contributed by atoms with E-state index in [1.54, 1.807) is 0 Å². The van der Waals surface area contributed by atoms with Gasteiger partial charge in [-0.2, -0.15) is 0 Å². The van der Waals surface area contributed by atoms with Crippen LogP contribution in [0, 0.1) is 5.92 Å². The first-order valence-corrected chi connectivity index (χ1v) is 8.25. The third-order valence-electron chi connectivity index (χ3n) is 2.90. The second-order valence-electron chi connectivity index (χ2n) is 4.24. The minimum atomic E-state index is -2.81. The molecule has 1 aromatic rings. The number of nitrogens with two attached hydrogens (primary N) is 1. The summed E-state index contributed by atoms with van der Waals surface area (Å²) in [6.45, 7) is 0. The minimum Gasteiger partial charge on any atom is -0.323 e. The summed E-state index contributed by atoms with van der Waals surface area (Å²) in [7, 11) is -2.81. The van der Waals surface area contributed by atoms with Crippen LogP contribution in [0.2, 0.25) is 5.02 Å². The van der Waals surface area contributed by atoms with Crippen molar-refractivity contribution in [2.75, 3.05) is 11.5 Å². The van der Waals surface area contributed by atoms with Crippen LogP contribution in [0.15, 0.2) is 11.4 Å². The largest absolute Gasteiger partial charge is 0.323 e. The van der Waals surface area contributed by atoms with Crippen LogP contribution in [-0.4, -0.2) is 19.9 Å². The molecule has 2 unspecified atom stereocenters. The third-order valence-corrected chi connectivity index (χ3v) is 6.22. The highest BCUT2D eigenvalue weighted by atomic mass is 35.5. The highest BCUT2D eigenvalue weighted by molar-refractivity contribution is 7.91. The van der Waals surface area contributed by atoms with Crippen molar-refractivity contribution in [3.63, 3.8) is 0 Å². The van der Waals surface area contributed by atoms with Gasteiger partial charge in [-0.05, 0) is 30.2 Å². The molecule has 90 valence electrons. The topological polar surface area (TPSA) is 60.2 Å². The Morgan fingerprint density at radius 3 is 2.88 bits per heavy atom. The van der Waals surface area contributed by atoms with E-state index in [2.05, 4.69) is 0 Å². The van der Waals surface area contributed by atoms with Crippen molar-refractivity contribution in [2.24, 2.45) is 11.7 Å². The van der Waals surface area contributed by atoms with Gasteiger partial charge in [0.05, 0.1) is 16.5 Å². The van der Waals surface area contributed by atoms with Crippen LogP contribution in [0.1, 0.15) is 23.8 Å². The maximum Gasteiger partial charge on any atom is 0.150 e. The molecule has 2 atom stereocenters. The Morgan fingerprint density at radius 1 is 1.62 bits per heavy atom. The van der Waals surface area contributed by atoms with Crippen molar-refractivity contribution in [2.45, 2.75) is 18.9 Å². The van der Waals surface area contributed by atoms with Gasteiger partial charge in [0.15, 0.2) is 9.84 Å². The average Bonchev–Trinajstić information content (AvgIpc) is 2.72. The van der Waals surface area contributed by atoms with E-state index in [9.17, 15) is 8.42 Å². The Labute approximate surface area is 105 Å². The van der Waals surface area contributed by atoms with Gasteiger partial charge in [0, 0.05) is 10.9 Å². The lowest BCUT2D eigenvalue weighted by Gasteiger charge is -2.14. The van der Waals surface area contributed by atoms with Gasteiger partial charge >= 0.3 is 0 Å². The predicted octanol–water partition coefficient (Wildman–Crippen LogP) is 2.23. The lowest BCUT2D eigenvalue weighted by molar-refractivity contribution is 0.485. The van der Waals surface area contributed by atoms with Gasteiger partial charge < -0.3 is 5.73 Å². The number of halogens is 1. The normalized spacial score (nSPS) is 25.8. The van der Waals surface area contributed by atoms with E-state index in [1.165, 1.54) is 11.3 Å². The van der Waals surface area contributed by atoms with Crippen molar-refractivity contribution in [1.29, 1.82) is 0 Å². The Bertz CT molecular complexity index is 469. The van der Waals surface area contributed by atoms with E-state index in [4.69, 9.17) is 17.3 Å². The fourth-order valence-electron chi connectivity index (χ4n) is 2.09. The lowest BCUT2D eigenvalue weighted by atomic mass is 9.99. The van der Waals surface area contributed by atoms with E-state index in [1.807, 2.05) is 11.4 Å². The molecule has 0 bridgehead atoms. The summed E-state index contributed by atoms with van der Waals surface area (Å²) in [5.74, 6) is 0.782. The number of thiophene rings is 1. The van der Waals surface area contributed by atoms with E-state index >= 15 is 0 Å². The van der Waals surface area contributed by atoms with Crippen LogP contribution >= 0.6 is 22.9 Å². The Morgan fingerprint density at radius 2 is 2.38 bits per heavy atom. The third kappa shape index (κ3) is 2.77. The summed E-state index contributed by atoms with van der Waals surface area (Å²) in [5, 5.41) is 2.60. The summed E-state index contributed by atoms with van der Waals surface area (Å²) in [5.41, 5.74) is 6.04. The molecule has 1 fully saturated rings. The van der Waals surface area contributed by atoms with Gasteiger partial charge in [-0.25, -0.2) is 8.42 Å². The Hall–Kier alpha value is -0.100. The first kappa shape index (κ1) is 12.4. The zero-order valence-electron chi connectivity index (χ0n) is 8.73. The first-order chi connectivity index (χ1) is 7.48. The molecule has 2 heterocycles. The van der Waals surface area contributed by atoms with Gasteiger partial charge in [-0.1, -0.05) is 11.6 Å². The molecular weight excluding hydrogens is 266 g/mol. The number of hydrogen-bond acceptors (Lipinski definition) is 4. The molecule has 1 aliphatic rings. The molecule has 1 aromatic heterocycles. The van der Waals surface area contributed by atoms with E-state index in [0.29, 0.717) is 17.2 Å². The van der Waals surface area contributed by atoms with Gasteiger partial charge in [-0.3, -0.25) is 0 Å². The van der Waals surface area contributed by atoms with Gasteiger partial charge in [-0.15, -0.1) is 11.3 Å². The van der Waals surface area contributed by atoms with Crippen molar-refractivity contribution in [3.05, 3.63) is 21.3 Å². The Kier molecular flexibility index (Phi) is 3.59. The smallest absolute Gasteiger partial charge is 0.150 e. The van der Waals surface area contributed by atoms with Crippen molar-refractivity contribution < 1.29 is 8.42 Å². The van der Waals surface area contributed by atoms with Crippen LogP contribution < -0.4 is 5.73 Å². The molecule has 1 aliphatic heterocycles. The number of hydrogen-bond donors (Lipinski definition) is 1. The van der Waals surface area contributed by atoms with Crippen LogP contribution in [0.3, 0.4) is 0 Å². The SMILES string of the molecule is NC(CC1CCS(=O)(=O)C1)c1sccc1Cl. The highest BCUT2D eigenvalue weighted by Crippen LogP contribution is 2.33. The van der Waals surface area contributed by atoms with Crippen LogP contribution in [0.4, 0.5) is 0 Å². The molecule has 0 spiro atoms. The summed E-state index contributed by atoms with van der Waals surface area (Å²) in [6.07, 6.45) is 1.44. The van der Waals surface area contributed by atoms with Crippen LogP contribution in [0.5, 0.6) is 0 Å². The molecule has 16 heavy (non-hydrogen) atoms. The molecule has 1 saturated heterocycles. The van der Waals surface area contributed by atoms with Crippen molar-refractivity contribution >= 4 is 32.8 Å². The van der Waals surface area contributed by atoms with Gasteiger partial charge in [0.25, 0.3) is 0 Å². The van der Waals surface area contributed by atoms with E-state index in [0.717, 1.165) is 11.3 Å². The van der Waals surface area contributed by atoms with Gasteiger partial charge in [0.2, 0.25) is 0 Å². The molecule has 2 N–H and O–H groups in total. The molecule has 0 aromatic carbocycles. The van der Waals surface area contributed by atoms with Crippen molar-refractivity contribution in [1.82, 2.24) is 0 Å². The fraction of sp³-hybridized carbons (Fsp3) is 0.600. The summed E-state index contributed by atoms with van der Waals surface area (Å²) < 4.78 is 22.6. The first-order valence-electron chi connectivity index (χ1n) is 5.17. The van der Waals surface area contributed by atoms with E-state index in [-0.39, 0.29) is 17.7 Å². The maximum absolute atomic E-state index is 11.3.